The van der Waals surface area contributed by atoms with Gasteiger partial charge >= 0.3 is 0 Å². The molecule has 0 bridgehead atoms. The van der Waals surface area contributed by atoms with E-state index in [2.05, 4.69) is 16.9 Å². The summed E-state index contributed by atoms with van der Waals surface area (Å²) >= 11 is 0. The molecular weight excluding hydrogens is 264 g/mol. The largest absolute Gasteiger partial charge is 0.336 e. The molecule has 1 aromatic carbocycles. The van der Waals surface area contributed by atoms with Crippen molar-refractivity contribution in [3.05, 3.63) is 53.3 Å². The molecule has 5 heteroatoms. The molecule has 0 saturated heterocycles. The molecule has 2 N–H and O–H groups in total. The van der Waals surface area contributed by atoms with E-state index < -0.39 is 0 Å². The molecule has 2 rings (SSSR count). The summed E-state index contributed by atoms with van der Waals surface area (Å²) in [4.78, 5) is 13.9. The molecule has 1 aromatic heterocycles. The Hall–Kier alpha value is -2.58. The molecule has 5 nitrogen and oxygen atoms in total. The first-order chi connectivity index (χ1) is 10.1. The SMILES string of the molecule is CN(Cc1cccc(C#CCN)c1)C(=O)c1ccn(C)n1. The number of hydrogen-bond donors (Lipinski definition) is 1. The van der Waals surface area contributed by atoms with E-state index in [4.69, 9.17) is 5.73 Å². The van der Waals surface area contributed by atoms with Crippen LogP contribution in [0.2, 0.25) is 0 Å². The molecule has 0 fully saturated rings. The summed E-state index contributed by atoms with van der Waals surface area (Å²) in [6.07, 6.45) is 1.75. The van der Waals surface area contributed by atoms with Crippen LogP contribution in [0.3, 0.4) is 0 Å². The van der Waals surface area contributed by atoms with Crippen molar-refractivity contribution in [3.63, 3.8) is 0 Å². The minimum atomic E-state index is -0.103. The van der Waals surface area contributed by atoms with Gasteiger partial charge in [0.1, 0.15) is 5.69 Å². The van der Waals surface area contributed by atoms with E-state index in [0.29, 0.717) is 18.8 Å². The van der Waals surface area contributed by atoms with Crippen molar-refractivity contribution in [3.8, 4) is 11.8 Å². The molecule has 0 radical (unpaired) electrons. The molecule has 108 valence electrons. The molecule has 2 aromatic rings. The van der Waals surface area contributed by atoms with E-state index in [1.54, 1.807) is 35.9 Å². The van der Waals surface area contributed by atoms with Crippen LogP contribution < -0.4 is 5.73 Å². The maximum atomic E-state index is 12.2. The monoisotopic (exact) mass is 282 g/mol. The molecule has 0 saturated carbocycles. The lowest BCUT2D eigenvalue weighted by molar-refractivity contribution is 0.0778. The quantitative estimate of drug-likeness (QED) is 0.854. The lowest BCUT2D eigenvalue weighted by Crippen LogP contribution is -2.26. The first-order valence-electron chi connectivity index (χ1n) is 6.63. The third kappa shape index (κ3) is 3.94. The zero-order valence-electron chi connectivity index (χ0n) is 12.2. The second kappa shape index (κ2) is 6.73. The summed E-state index contributed by atoms with van der Waals surface area (Å²) in [5.41, 5.74) is 7.73. The third-order valence-electron chi connectivity index (χ3n) is 2.96. The van der Waals surface area contributed by atoms with Crippen LogP contribution in [0.4, 0.5) is 0 Å². The van der Waals surface area contributed by atoms with E-state index in [1.807, 2.05) is 24.3 Å². The highest BCUT2D eigenvalue weighted by Crippen LogP contribution is 2.09. The number of rotatable bonds is 3. The Morgan fingerprint density at radius 3 is 2.90 bits per heavy atom. The third-order valence-corrected chi connectivity index (χ3v) is 2.96. The van der Waals surface area contributed by atoms with Gasteiger partial charge in [-0.15, -0.1) is 0 Å². The van der Waals surface area contributed by atoms with Gasteiger partial charge in [-0.2, -0.15) is 5.10 Å². The lowest BCUT2D eigenvalue weighted by atomic mass is 10.1. The van der Waals surface area contributed by atoms with Crippen molar-refractivity contribution in [2.45, 2.75) is 6.54 Å². The highest BCUT2D eigenvalue weighted by atomic mass is 16.2. The second-order valence-corrected chi connectivity index (χ2v) is 4.74. The van der Waals surface area contributed by atoms with Crippen LogP contribution in [0.15, 0.2) is 36.5 Å². The van der Waals surface area contributed by atoms with Gasteiger partial charge in [-0.3, -0.25) is 9.48 Å². The van der Waals surface area contributed by atoms with Gasteiger partial charge in [0.25, 0.3) is 5.91 Å². The molecule has 1 amide bonds. The Kier molecular flexibility index (Phi) is 4.75. The molecule has 0 aliphatic heterocycles. The van der Waals surface area contributed by atoms with Gasteiger partial charge in [0.15, 0.2) is 0 Å². The van der Waals surface area contributed by atoms with Crippen LogP contribution in [0, 0.1) is 11.8 Å². The molecule has 0 spiro atoms. The second-order valence-electron chi connectivity index (χ2n) is 4.74. The van der Waals surface area contributed by atoms with E-state index in [-0.39, 0.29) is 5.91 Å². The van der Waals surface area contributed by atoms with Gasteiger partial charge in [-0.05, 0) is 23.8 Å². The predicted molar refractivity (Wildman–Crippen MR) is 81.4 cm³/mol. The minimum absolute atomic E-state index is 0.103. The summed E-state index contributed by atoms with van der Waals surface area (Å²) in [6, 6.07) is 9.49. The fourth-order valence-electron chi connectivity index (χ4n) is 1.97. The van der Waals surface area contributed by atoms with Crippen molar-refractivity contribution in [1.29, 1.82) is 0 Å². The highest BCUT2D eigenvalue weighted by Gasteiger charge is 2.14. The Morgan fingerprint density at radius 2 is 2.24 bits per heavy atom. The summed E-state index contributed by atoms with van der Waals surface area (Å²) in [7, 11) is 3.55. The van der Waals surface area contributed by atoms with Crippen molar-refractivity contribution in [2.24, 2.45) is 12.8 Å². The standard InChI is InChI=1S/C16H18N4O/c1-19(16(21)15-8-10-20(2)18-15)12-14-6-3-5-13(11-14)7-4-9-17/h3,5-6,8,10-11H,9,12,17H2,1-2H3. The Labute approximate surface area is 124 Å². The van der Waals surface area contributed by atoms with Crippen LogP contribution in [0.25, 0.3) is 0 Å². The van der Waals surface area contributed by atoms with Crippen LogP contribution in [-0.2, 0) is 13.6 Å². The molecule has 1 heterocycles. The molecular formula is C16H18N4O. The van der Waals surface area contributed by atoms with Crippen molar-refractivity contribution >= 4 is 5.91 Å². The van der Waals surface area contributed by atoms with Gasteiger partial charge < -0.3 is 10.6 Å². The first-order valence-corrected chi connectivity index (χ1v) is 6.63. The van der Waals surface area contributed by atoms with E-state index >= 15 is 0 Å². The van der Waals surface area contributed by atoms with Gasteiger partial charge in [0.2, 0.25) is 0 Å². The number of benzene rings is 1. The summed E-state index contributed by atoms with van der Waals surface area (Å²) in [6.45, 7) is 0.843. The van der Waals surface area contributed by atoms with Crippen molar-refractivity contribution in [1.82, 2.24) is 14.7 Å². The zero-order chi connectivity index (χ0) is 15.2. The number of amides is 1. The Morgan fingerprint density at radius 1 is 1.43 bits per heavy atom. The van der Waals surface area contributed by atoms with Gasteiger partial charge in [0, 0.05) is 32.4 Å². The first kappa shape index (κ1) is 14.8. The number of hydrogen-bond acceptors (Lipinski definition) is 3. The molecule has 0 aliphatic rings. The van der Waals surface area contributed by atoms with Crippen LogP contribution in [0.1, 0.15) is 21.6 Å². The van der Waals surface area contributed by atoms with Gasteiger partial charge in [-0.1, -0.05) is 24.0 Å². The van der Waals surface area contributed by atoms with Crippen LogP contribution >= 0.6 is 0 Å². The Bertz CT molecular complexity index is 694. The fraction of sp³-hybridized carbons (Fsp3) is 0.250. The smallest absolute Gasteiger partial charge is 0.274 e. The Balaban J connectivity index is 2.08. The van der Waals surface area contributed by atoms with Gasteiger partial charge in [0.05, 0.1) is 6.54 Å². The number of carbonyl (C=O) groups excluding carboxylic acids is 1. The minimum Gasteiger partial charge on any atom is -0.336 e. The fourth-order valence-corrected chi connectivity index (χ4v) is 1.97. The highest BCUT2D eigenvalue weighted by molar-refractivity contribution is 5.91. The summed E-state index contributed by atoms with van der Waals surface area (Å²) in [5, 5.41) is 4.12. The lowest BCUT2D eigenvalue weighted by Gasteiger charge is -2.16. The molecule has 0 unspecified atom stereocenters. The number of aromatic nitrogens is 2. The number of carbonyl (C=O) groups is 1. The van der Waals surface area contributed by atoms with E-state index in [1.165, 1.54) is 0 Å². The van der Waals surface area contributed by atoms with E-state index in [0.717, 1.165) is 11.1 Å². The number of nitrogens with two attached hydrogens (primary N) is 1. The average Bonchev–Trinajstić information content (AvgIpc) is 2.91. The summed E-state index contributed by atoms with van der Waals surface area (Å²) < 4.78 is 1.62. The van der Waals surface area contributed by atoms with Crippen molar-refractivity contribution in [2.75, 3.05) is 13.6 Å². The average molecular weight is 282 g/mol. The number of nitrogens with zero attached hydrogens (tertiary/aromatic N) is 3. The van der Waals surface area contributed by atoms with Gasteiger partial charge in [-0.25, -0.2) is 0 Å². The normalized spacial score (nSPS) is 9.86. The summed E-state index contributed by atoms with van der Waals surface area (Å²) in [5.74, 6) is 5.71. The maximum absolute atomic E-state index is 12.2. The molecule has 0 atom stereocenters. The topological polar surface area (TPSA) is 64.2 Å². The van der Waals surface area contributed by atoms with E-state index in [9.17, 15) is 4.79 Å². The number of aryl methyl sites for hydroxylation is 1. The van der Waals surface area contributed by atoms with Crippen LogP contribution in [-0.4, -0.2) is 34.2 Å². The van der Waals surface area contributed by atoms with Crippen molar-refractivity contribution < 1.29 is 4.79 Å². The van der Waals surface area contributed by atoms with Crippen LogP contribution in [0.5, 0.6) is 0 Å². The maximum Gasteiger partial charge on any atom is 0.274 e. The molecule has 21 heavy (non-hydrogen) atoms. The zero-order valence-corrected chi connectivity index (χ0v) is 12.2. The predicted octanol–water partition coefficient (Wildman–Crippen LogP) is 1.00. The molecule has 0 aliphatic carbocycles.